The highest BCUT2D eigenvalue weighted by Gasteiger charge is 2.32. The minimum atomic E-state index is -1.05. The van der Waals surface area contributed by atoms with Crippen LogP contribution in [0.4, 0.5) is 0 Å². The fourth-order valence-electron chi connectivity index (χ4n) is 6.74. The molecule has 0 spiro atoms. The molecular weight excluding hydrogens is 1500 g/mol. The smallest absolute Gasteiger partial charge is 0.333 e. The molecule has 114 heavy (non-hydrogen) atoms. The van der Waals surface area contributed by atoms with Gasteiger partial charge in [-0.25, -0.2) is 57.5 Å². The summed E-state index contributed by atoms with van der Waals surface area (Å²) in [7, 11) is 0. The van der Waals surface area contributed by atoms with Gasteiger partial charge in [0.1, 0.15) is 91.5 Å². The third kappa shape index (κ3) is 70.0. The van der Waals surface area contributed by atoms with E-state index in [-0.39, 0.29) is 175 Å². The summed E-state index contributed by atoms with van der Waals surface area (Å²) in [5, 5.41) is 18.4. The predicted molar refractivity (Wildman–Crippen MR) is 415 cm³/mol. The van der Waals surface area contributed by atoms with Crippen LogP contribution in [0, 0.1) is 16.2 Å². The zero-order chi connectivity index (χ0) is 87.8. The van der Waals surface area contributed by atoms with E-state index in [0.29, 0.717) is 56.0 Å². The highest BCUT2D eigenvalue weighted by molar-refractivity contribution is 5.89. The monoisotopic (exact) mass is 1630 g/mol. The average molecular weight is 1630 g/mol. The maximum atomic E-state index is 11.4. The van der Waals surface area contributed by atoms with Crippen molar-refractivity contribution in [1.29, 1.82) is 0 Å². The maximum absolute atomic E-state index is 11.4. The molecule has 0 aliphatic carbocycles. The van der Waals surface area contributed by atoms with E-state index in [9.17, 15) is 62.6 Å². The molecule has 0 saturated heterocycles. The number of carbonyl (C=O) groups is 12. The summed E-state index contributed by atoms with van der Waals surface area (Å²) in [6.07, 6.45) is 6.64. The number of rotatable bonds is 62. The Morgan fingerprint density at radius 3 is 0.596 bits per heavy atom. The van der Waals surface area contributed by atoms with Crippen molar-refractivity contribution in [2.24, 2.45) is 16.2 Å². The van der Waals surface area contributed by atoms with Gasteiger partial charge >= 0.3 is 71.6 Å². The number of ether oxygens (including phenoxy) is 20. The van der Waals surface area contributed by atoms with E-state index < -0.39 is 94.7 Å². The summed E-state index contributed by atoms with van der Waals surface area (Å²) < 4.78 is 102. The van der Waals surface area contributed by atoms with E-state index in [4.69, 9.17) is 80.9 Å². The van der Waals surface area contributed by atoms with Gasteiger partial charge in [0.05, 0.1) is 106 Å². The summed E-state index contributed by atoms with van der Waals surface area (Å²) in [4.78, 5) is 132. The van der Waals surface area contributed by atoms with Crippen molar-refractivity contribution < 1.29 is 162 Å². The van der Waals surface area contributed by atoms with Crippen molar-refractivity contribution in [1.82, 2.24) is 0 Å². The SMILES string of the molecule is C=C(C)C(=O)OCC(O)COC(=O)C(=C)C.C=C(C)C(=O)OCCOCC(CC)(COCCOC(=O)C(=C)C)COCCOC(=O)C(=C)C.C=CC(=O)OCC(O)COC(=O)C=C.C=CC(=O)OCCOCC(C)(C)COCCOC(=O)C=C.C=CC(=O)OCCOCC(CC)(COCCOC(=O)C=C)COCCOC(=O)C=C. The highest BCUT2D eigenvalue weighted by atomic mass is 16.6. The molecule has 0 bridgehead atoms. The molecular formula is C80H122O34. The third-order valence-electron chi connectivity index (χ3n) is 13.2. The second kappa shape index (κ2) is 72.1. The fourth-order valence-corrected chi connectivity index (χ4v) is 6.74. The van der Waals surface area contributed by atoms with Crippen molar-refractivity contribution in [3.63, 3.8) is 0 Å². The van der Waals surface area contributed by atoms with E-state index in [2.05, 4.69) is 97.9 Å². The predicted octanol–water partition coefficient (Wildman–Crippen LogP) is 6.31. The van der Waals surface area contributed by atoms with Crippen LogP contribution in [-0.4, -0.2) is 279 Å². The minimum Gasteiger partial charge on any atom is -0.460 e. The summed E-state index contributed by atoms with van der Waals surface area (Å²) >= 11 is 0. The van der Waals surface area contributed by atoms with E-state index in [0.717, 1.165) is 42.5 Å². The van der Waals surface area contributed by atoms with Crippen LogP contribution in [0.15, 0.2) is 149 Å². The molecule has 0 atom stereocenters. The topological polar surface area (TPSA) is 430 Å². The number of carbonyl (C=O) groups excluding carboxylic acids is 12. The summed E-state index contributed by atoms with van der Waals surface area (Å²) in [6, 6.07) is 0. The molecule has 0 saturated carbocycles. The average Bonchev–Trinajstić information content (AvgIpc) is 0.881. The van der Waals surface area contributed by atoms with Gasteiger partial charge in [-0.2, -0.15) is 0 Å². The molecule has 646 valence electrons. The normalized spacial score (nSPS) is 10.5. The Kier molecular flexibility index (Phi) is 71.3. The van der Waals surface area contributed by atoms with Crippen molar-refractivity contribution in [2.75, 3.05) is 185 Å². The quantitative estimate of drug-likeness (QED) is 0.0291. The Bertz CT molecular complexity index is 2760. The van der Waals surface area contributed by atoms with Gasteiger partial charge < -0.3 is 105 Å². The first-order valence-electron chi connectivity index (χ1n) is 35.5. The van der Waals surface area contributed by atoms with Gasteiger partial charge in [0.2, 0.25) is 0 Å². The second-order valence-corrected chi connectivity index (χ2v) is 24.6. The molecule has 0 aromatic heterocycles. The Labute approximate surface area is 669 Å². The Morgan fingerprint density at radius 1 is 0.263 bits per heavy atom. The van der Waals surface area contributed by atoms with E-state index in [1.54, 1.807) is 20.8 Å². The summed E-state index contributed by atoms with van der Waals surface area (Å²) in [6.45, 7) is 60.3. The number of hydrogen-bond acceptors (Lipinski definition) is 34. The maximum Gasteiger partial charge on any atom is 0.333 e. The molecule has 0 aromatic rings. The standard InChI is InChI=1S/C24H38O9.C21H32O9.C15H24O6.C11H16O5.C9H12O5/c1-8-24(15-28-9-12-31-21(25)18(2)3,16-29-10-13-32-22(26)19(4)5)17-30-11-14-33-23(27)20(6)7;1-5-18(22)28-12-9-25-15-21(8-4,16-26-10-13-29-19(23)6-2)17-27-11-14-30-20(24)7-3;1-5-13(16)20-9-7-18-11-15(3,4)12-19-8-10-21-14(17)6-2;1-7(2)10(13)15-5-9(12)6-16-11(14)8(3)4;1-3-8(11)13-5-7(10)6-14-9(12)4-2/h2,4,6,8-17H2,1,3,5,7H3;5-7H,1-3,8-17H2,4H3;5-6H,1-2,7-12H2,3-4H3;9,12H,1,3,5-6H2,2,4H3;3-4,7,10H,1-2,5-6H2. The van der Waals surface area contributed by atoms with Crippen LogP contribution < -0.4 is 0 Å². The van der Waals surface area contributed by atoms with Crippen molar-refractivity contribution in [2.45, 2.75) is 87.4 Å². The zero-order valence-corrected chi connectivity index (χ0v) is 67.9. The summed E-state index contributed by atoms with van der Waals surface area (Å²) in [5.41, 5.74) is 0.253. The van der Waals surface area contributed by atoms with Gasteiger partial charge in [0.25, 0.3) is 0 Å². The van der Waals surface area contributed by atoms with Crippen LogP contribution in [0.2, 0.25) is 0 Å². The number of esters is 12. The van der Waals surface area contributed by atoms with Gasteiger partial charge in [0, 0.05) is 86.6 Å². The van der Waals surface area contributed by atoms with Crippen molar-refractivity contribution in [3.05, 3.63) is 149 Å². The van der Waals surface area contributed by atoms with E-state index >= 15 is 0 Å². The lowest BCUT2D eigenvalue weighted by molar-refractivity contribution is -0.148. The van der Waals surface area contributed by atoms with E-state index in [1.807, 2.05) is 27.7 Å². The first-order chi connectivity index (χ1) is 53.8. The number of aliphatic hydroxyl groups excluding tert-OH is 2. The van der Waals surface area contributed by atoms with Crippen LogP contribution in [0.5, 0.6) is 0 Å². The van der Waals surface area contributed by atoms with Crippen LogP contribution in [0.3, 0.4) is 0 Å². The Balaban J connectivity index is -0.000000450. The molecule has 34 heteroatoms. The number of aliphatic hydroxyl groups is 2. The van der Waals surface area contributed by atoms with Crippen LogP contribution >= 0.6 is 0 Å². The van der Waals surface area contributed by atoms with Crippen molar-refractivity contribution >= 4 is 71.6 Å². The summed E-state index contributed by atoms with van der Waals surface area (Å²) in [5.74, 6) is -6.36. The lowest BCUT2D eigenvalue weighted by Crippen LogP contribution is -2.38. The van der Waals surface area contributed by atoms with Crippen molar-refractivity contribution in [3.8, 4) is 0 Å². The largest absolute Gasteiger partial charge is 0.460 e. The lowest BCUT2D eigenvalue weighted by atomic mass is 9.88. The molecule has 0 radical (unpaired) electrons. The Hall–Kier alpha value is -9.88. The van der Waals surface area contributed by atoms with Crippen LogP contribution in [-0.2, 0) is 152 Å². The molecule has 0 amide bonds. The Morgan fingerprint density at radius 2 is 0.421 bits per heavy atom. The molecule has 0 aliphatic heterocycles. The molecule has 34 nitrogen and oxygen atoms in total. The van der Waals surface area contributed by atoms with Gasteiger partial charge in [-0.3, -0.25) is 0 Å². The molecule has 0 rings (SSSR count). The zero-order valence-electron chi connectivity index (χ0n) is 67.9. The van der Waals surface area contributed by atoms with E-state index in [1.165, 1.54) is 13.8 Å². The molecule has 2 N–H and O–H groups in total. The van der Waals surface area contributed by atoms with Gasteiger partial charge in [-0.05, 0) is 47.5 Å². The van der Waals surface area contributed by atoms with Gasteiger partial charge in [-0.15, -0.1) is 0 Å². The molecule has 0 aliphatic rings. The molecule has 0 fully saturated rings. The fraction of sp³-hybridized carbons (Fsp3) is 0.550. The van der Waals surface area contributed by atoms with Gasteiger partial charge in [0.15, 0.2) is 0 Å². The lowest BCUT2D eigenvalue weighted by Gasteiger charge is -2.32. The highest BCUT2D eigenvalue weighted by Crippen LogP contribution is 2.26. The minimum absolute atomic E-state index is 0.0981. The van der Waals surface area contributed by atoms with Crippen LogP contribution in [0.25, 0.3) is 0 Å². The molecule has 0 aromatic carbocycles. The van der Waals surface area contributed by atoms with Crippen LogP contribution in [0.1, 0.15) is 75.2 Å². The third-order valence-corrected chi connectivity index (χ3v) is 13.2. The first kappa shape index (κ1) is 113. The van der Waals surface area contributed by atoms with Gasteiger partial charge in [-0.1, -0.05) is 107 Å². The molecule has 0 heterocycles. The molecule has 0 unspecified atom stereocenters. The second-order valence-electron chi connectivity index (χ2n) is 24.6. The number of hydrogen-bond donors (Lipinski definition) is 2. The first-order valence-corrected chi connectivity index (χ1v) is 35.5.